The van der Waals surface area contributed by atoms with Crippen LogP contribution in [0.1, 0.15) is 29.0 Å². The number of nitrogens with one attached hydrogen (secondary N) is 1. The van der Waals surface area contributed by atoms with Gasteiger partial charge in [-0.3, -0.25) is 4.79 Å². The van der Waals surface area contributed by atoms with E-state index in [-0.39, 0.29) is 30.0 Å². The minimum Gasteiger partial charge on any atom is -0.309 e. The van der Waals surface area contributed by atoms with E-state index in [1.165, 1.54) is 6.07 Å². The molecule has 0 bridgehead atoms. The monoisotopic (exact) mass is 442 g/mol. The molecule has 0 aromatic heterocycles. The van der Waals surface area contributed by atoms with Gasteiger partial charge < -0.3 is 10.2 Å². The summed E-state index contributed by atoms with van der Waals surface area (Å²) in [4.78, 5) is 12.8. The van der Waals surface area contributed by atoms with Crippen LogP contribution in [-0.4, -0.2) is 18.1 Å². The number of carbonyl (C=O) groups excluding carboxylic acids is 1. The highest BCUT2D eigenvalue weighted by molar-refractivity contribution is 5.97. The van der Waals surface area contributed by atoms with Gasteiger partial charge in [0.15, 0.2) is 0 Å². The second-order valence-electron chi connectivity index (χ2n) is 7.89. The second kappa shape index (κ2) is 9.12. The standard InChI is InChI=1S/C25H22F4N2O/c26-22-9-5-4-8-19(22)15-30-23-14-21(23)18-10-12-20(13-11-18)31(24(32)25(27,28)29)16-17-6-2-1-3-7-17/h1-13,21,23,30H,14-16H2. The molecule has 1 fully saturated rings. The summed E-state index contributed by atoms with van der Waals surface area (Å²) in [5.74, 6) is -1.95. The molecular formula is C25H22F4N2O. The van der Waals surface area contributed by atoms with Crippen LogP contribution in [0.25, 0.3) is 0 Å². The molecule has 3 aromatic rings. The highest BCUT2D eigenvalue weighted by atomic mass is 19.4. The van der Waals surface area contributed by atoms with Crippen molar-refractivity contribution < 1.29 is 22.4 Å². The van der Waals surface area contributed by atoms with Crippen molar-refractivity contribution in [2.75, 3.05) is 4.90 Å². The molecule has 0 spiro atoms. The summed E-state index contributed by atoms with van der Waals surface area (Å²) < 4.78 is 53.3. The molecule has 2 atom stereocenters. The maximum Gasteiger partial charge on any atom is 0.471 e. The number of hydrogen-bond acceptors (Lipinski definition) is 2. The van der Waals surface area contributed by atoms with Gasteiger partial charge in [0.05, 0.1) is 6.54 Å². The summed E-state index contributed by atoms with van der Waals surface area (Å²) >= 11 is 0. The number of carbonyl (C=O) groups is 1. The van der Waals surface area contributed by atoms with Crippen LogP contribution in [0.3, 0.4) is 0 Å². The summed E-state index contributed by atoms with van der Waals surface area (Å²) in [6.07, 6.45) is -4.10. The Morgan fingerprint density at radius 2 is 1.59 bits per heavy atom. The smallest absolute Gasteiger partial charge is 0.309 e. The fourth-order valence-corrected chi connectivity index (χ4v) is 3.77. The van der Waals surface area contributed by atoms with Crippen molar-refractivity contribution in [3.05, 3.63) is 101 Å². The molecule has 4 rings (SSSR count). The third kappa shape index (κ3) is 5.16. The van der Waals surface area contributed by atoms with Crippen molar-refractivity contribution in [2.24, 2.45) is 0 Å². The van der Waals surface area contributed by atoms with Gasteiger partial charge in [0.2, 0.25) is 0 Å². The number of amides is 1. The van der Waals surface area contributed by atoms with Crippen LogP contribution in [-0.2, 0) is 17.9 Å². The zero-order valence-electron chi connectivity index (χ0n) is 17.1. The Kier molecular flexibility index (Phi) is 6.28. The maximum atomic E-state index is 13.8. The lowest BCUT2D eigenvalue weighted by Crippen LogP contribution is -2.40. The molecule has 0 saturated heterocycles. The van der Waals surface area contributed by atoms with Crippen LogP contribution >= 0.6 is 0 Å². The van der Waals surface area contributed by atoms with E-state index >= 15 is 0 Å². The molecule has 0 radical (unpaired) electrons. The van der Waals surface area contributed by atoms with Gasteiger partial charge in [-0.15, -0.1) is 0 Å². The number of rotatable bonds is 7. The molecule has 1 aliphatic rings. The highest BCUT2D eigenvalue weighted by Gasteiger charge is 2.43. The van der Waals surface area contributed by atoms with Crippen molar-refractivity contribution >= 4 is 11.6 Å². The number of benzene rings is 3. The first-order chi connectivity index (χ1) is 15.3. The lowest BCUT2D eigenvalue weighted by atomic mass is 10.1. The normalized spacial score (nSPS) is 17.8. The summed E-state index contributed by atoms with van der Waals surface area (Å²) in [7, 11) is 0. The summed E-state index contributed by atoms with van der Waals surface area (Å²) in [5, 5.41) is 3.32. The molecule has 3 aromatic carbocycles. The number of hydrogen-bond donors (Lipinski definition) is 1. The number of nitrogens with zero attached hydrogens (tertiary/aromatic N) is 1. The van der Waals surface area contributed by atoms with Gasteiger partial charge in [0.25, 0.3) is 0 Å². The molecule has 32 heavy (non-hydrogen) atoms. The highest BCUT2D eigenvalue weighted by Crippen LogP contribution is 2.41. The first-order valence-electron chi connectivity index (χ1n) is 10.3. The maximum absolute atomic E-state index is 13.8. The van der Waals surface area contributed by atoms with E-state index in [4.69, 9.17) is 0 Å². The molecule has 1 N–H and O–H groups in total. The Bertz CT molecular complexity index is 1070. The summed E-state index contributed by atoms with van der Waals surface area (Å²) in [6.45, 7) is 0.242. The Morgan fingerprint density at radius 3 is 2.25 bits per heavy atom. The third-order valence-corrected chi connectivity index (χ3v) is 5.61. The zero-order chi connectivity index (χ0) is 22.7. The first kappa shape index (κ1) is 22.0. The minimum atomic E-state index is -4.97. The molecular weight excluding hydrogens is 420 g/mol. The van der Waals surface area contributed by atoms with Crippen LogP contribution in [0.2, 0.25) is 0 Å². The van der Waals surface area contributed by atoms with E-state index in [2.05, 4.69) is 5.32 Å². The quantitative estimate of drug-likeness (QED) is 0.486. The van der Waals surface area contributed by atoms with Crippen LogP contribution in [0.4, 0.5) is 23.2 Å². The van der Waals surface area contributed by atoms with Crippen molar-refractivity contribution in [3.63, 3.8) is 0 Å². The van der Waals surface area contributed by atoms with Crippen molar-refractivity contribution in [3.8, 4) is 0 Å². The molecule has 2 unspecified atom stereocenters. The van der Waals surface area contributed by atoms with E-state index in [1.54, 1.807) is 72.8 Å². The average Bonchev–Trinajstić information content (AvgIpc) is 3.56. The van der Waals surface area contributed by atoms with Gasteiger partial charge >= 0.3 is 12.1 Å². The van der Waals surface area contributed by atoms with E-state index < -0.39 is 12.1 Å². The van der Waals surface area contributed by atoms with E-state index in [0.717, 1.165) is 16.9 Å². The van der Waals surface area contributed by atoms with Crippen LogP contribution < -0.4 is 10.2 Å². The lowest BCUT2D eigenvalue weighted by Gasteiger charge is -2.24. The largest absolute Gasteiger partial charge is 0.471 e. The molecule has 1 aliphatic carbocycles. The summed E-state index contributed by atoms with van der Waals surface area (Å²) in [6, 6.07) is 21.9. The average molecular weight is 442 g/mol. The molecule has 1 saturated carbocycles. The van der Waals surface area contributed by atoms with Crippen molar-refractivity contribution in [1.29, 1.82) is 0 Å². The van der Waals surface area contributed by atoms with Gasteiger partial charge in [-0.1, -0.05) is 60.7 Å². The molecule has 3 nitrogen and oxygen atoms in total. The first-order valence-corrected chi connectivity index (χ1v) is 10.3. The molecule has 166 valence electrons. The third-order valence-electron chi connectivity index (χ3n) is 5.61. The molecule has 7 heteroatoms. The SMILES string of the molecule is O=C(N(Cc1ccccc1)c1ccc(C2CC2NCc2ccccc2F)cc1)C(F)(F)F. The van der Waals surface area contributed by atoms with Crippen molar-refractivity contribution in [1.82, 2.24) is 5.32 Å². The van der Waals surface area contributed by atoms with Gasteiger partial charge in [-0.05, 0) is 35.7 Å². The van der Waals surface area contributed by atoms with E-state index in [0.29, 0.717) is 17.7 Å². The van der Waals surface area contributed by atoms with Crippen LogP contribution in [0, 0.1) is 5.82 Å². The Morgan fingerprint density at radius 1 is 0.938 bits per heavy atom. The van der Waals surface area contributed by atoms with Crippen molar-refractivity contribution in [2.45, 2.75) is 37.6 Å². The van der Waals surface area contributed by atoms with E-state index in [1.807, 2.05) is 0 Å². The fourth-order valence-electron chi connectivity index (χ4n) is 3.77. The number of halogens is 4. The van der Waals surface area contributed by atoms with Crippen LogP contribution in [0.5, 0.6) is 0 Å². The van der Waals surface area contributed by atoms with Crippen LogP contribution in [0.15, 0.2) is 78.9 Å². The molecule has 0 aliphatic heterocycles. The predicted octanol–water partition coefficient (Wildman–Crippen LogP) is 5.57. The Labute approximate surface area is 183 Å². The molecule has 1 amide bonds. The summed E-state index contributed by atoms with van der Waals surface area (Å²) in [5.41, 5.74) is 2.36. The second-order valence-corrected chi connectivity index (χ2v) is 7.89. The van der Waals surface area contributed by atoms with Gasteiger partial charge in [0.1, 0.15) is 5.82 Å². The number of alkyl halides is 3. The van der Waals surface area contributed by atoms with Gasteiger partial charge in [0, 0.05) is 29.8 Å². The fraction of sp³-hybridized carbons (Fsp3) is 0.240. The lowest BCUT2D eigenvalue weighted by molar-refractivity contribution is -0.170. The molecule has 0 heterocycles. The Hall–Kier alpha value is -3.19. The topological polar surface area (TPSA) is 32.3 Å². The van der Waals surface area contributed by atoms with Gasteiger partial charge in [-0.2, -0.15) is 13.2 Å². The number of anilines is 1. The Balaban J connectivity index is 1.44. The predicted molar refractivity (Wildman–Crippen MR) is 115 cm³/mol. The van der Waals surface area contributed by atoms with Gasteiger partial charge in [-0.25, -0.2) is 4.39 Å². The zero-order valence-corrected chi connectivity index (χ0v) is 17.1. The minimum absolute atomic E-state index is 0.172. The van der Waals surface area contributed by atoms with E-state index in [9.17, 15) is 22.4 Å².